The van der Waals surface area contributed by atoms with E-state index in [1.807, 2.05) is 6.07 Å². The van der Waals surface area contributed by atoms with Crippen molar-refractivity contribution in [1.82, 2.24) is 4.98 Å². The maximum atomic E-state index is 5.93. The third kappa shape index (κ3) is 2.28. The number of aromatic nitrogens is 1. The molecule has 0 bridgehead atoms. The molecule has 0 aliphatic heterocycles. The summed E-state index contributed by atoms with van der Waals surface area (Å²) in [6.07, 6.45) is 3.14. The fourth-order valence-corrected chi connectivity index (χ4v) is 1.67. The summed E-state index contributed by atoms with van der Waals surface area (Å²) in [6.45, 7) is 0. The highest BCUT2D eigenvalue weighted by Crippen LogP contribution is 2.35. The summed E-state index contributed by atoms with van der Waals surface area (Å²) in [5, 5.41) is 0.455. The number of hydrogen-bond acceptors (Lipinski definition) is 3. The van der Waals surface area contributed by atoms with Crippen LogP contribution in [0.4, 0.5) is 5.69 Å². The highest BCUT2D eigenvalue weighted by atomic mass is 79.9. The van der Waals surface area contributed by atoms with Gasteiger partial charge in [-0.1, -0.05) is 17.7 Å². The molecule has 2 aromatic rings. The SMILES string of the molecule is Nc1cccc(Oc2ccncc2Cl)c1Br. The molecule has 82 valence electrons. The van der Waals surface area contributed by atoms with Crippen LogP contribution in [-0.2, 0) is 0 Å². The normalized spacial score (nSPS) is 10.1. The number of nitrogen functional groups attached to an aromatic ring is 1. The predicted molar refractivity (Wildman–Crippen MR) is 67.9 cm³/mol. The van der Waals surface area contributed by atoms with E-state index >= 15 is 0 Å². The summed E-state index contributed by atoms with van der Waals surface area (Å²) in [7, 11) is 0. The quantitative estimate of drug-likeness (QED) is 0.856. The van der Waals surface area contributed by atoms with Gasteiger partial charge in [0.25, 0.3) is 0 Å². The summed E-state index contributed by atoms with van der Waals surface area (Å²) < 4.78 is 6.33. The highest BCUT2D eigenvalue weighted by Gasteiger charge is 2.07. The van der Waals surface area contributed by atoms with Crippen molar-refractivity contribution in [3.8, 4) is 11.5 Å². The Morgan fingerprint density at radius 1 is 1.25 bits per heavy atom. The molecule has 0 aliphatic rings. The molecular weight excluding hydrogens is 291 g/mol. The summed E-state index contributed by atoms with van der Waals surface area (Å²) in [5.74, 6) is 1.16. The first-order chi connectivity index (χ1) is 7.68. The molecule has 16 heavy (non-hydrogen) atoms. The van der Waals surface area contributed by atoms with Crippen molar-refractivity contribution in [2.75, 3.05) is 5.73 Å². The van der Waals surface area contributed by atoms with Crippen molar-refractivity contribution in [3.05, 3.63) is 46.2 Å². The first-order valence-electron chi connectivity index (χ1n) is 4.50. The number of benzene rings is 1. The lowest BCUT2D eigenvalue weighted by Gasteiger charge is -2.09. The second-order valence-electron chi connectivity index (χ2n) is 3.07. The Morgan fingerprint density at radius 2 is 2.06 bits per heavy atom. The zero-order chi connectivity index (χ0) is 11.5. The van der Waals surface area contributed by atoms with Gasteiger partial charge in [0.15, 0.2) is 0 Å². The molecular formula is C11H8BrClN2O. The van der Waals surface area contributed by atoms with Crippen molar-refractivity contribution >= 4 is 33.2 Å². The number of anilines is 1. The summed E-state index contributed by atoms with van der Waals surface area (Å²) in [6, 6.07) is 7.09. The Labute approximate surface area is 106 Å². The molecule has 0 atom stereocenters. The van der Waals surface area contributed by atoms with Gasteiger partial charge in [-0.3, -0.25) is 4.98 Å². The minimum atomic E-state index is 0.455. The third-order valence-corrected chi connectivity index (χ3v) is 3.08. The fraction of sp³-hybridized carbons (Fsp3) is 0. The van der Waals surface area contributed by atoms with Gasteiger partial charge in [-0.25, -0.2) is 0 Å². The van der Waals surface area contributed by atoms with Crippen LogP contribution >= 0.6 is 27.5 Å². The van der Waals surface area contributed by atoms with Crippen molar-refractivity contribution < 1.29 is 4.74 Å². The van der Waals surface area contributed by atoms with E-state index in [4.69, 9.17) is 22.1 Å². The zero-order valence-electron chi connectivity index (χ0n) is 8.15. The molecule has 0 saturated carbocycles. The lowest BCUT2D eigenvalue weighted by molar-refractivity contribution is 0.479. The van der Waals surface area contributed by atoms with Gasteiger partial charge in [-0.15, -0.1) is 0 Å². The minimum absolute atomic E-state index is 0.455. The van der Waals surface area contributed by atoms with E-state index in [1.165, 1.54) is 6.20 Å². The van der Waals surface area contributed by atoms with Crippen LogP contribution in [0.25, 0.3) is 0 Å². The van der Waals surface area contributed by atoms with Gasteiger partial charge in [0.05, 0.1) is 4.47 Å². The highest BCUT2D eigenvalue weighted by molar-refractivity contribution is 9.10. The van der Waals surface area contributed by atoms with Crippen LogP contribution in [0.15, 0.2) is 41.1 Å². The first-order valence-corrected chi connectivity index (χ1v) is 5.67. The first kappa shape index (κ1) is 11.2. The molecule has 3 nitrogen and oxygen atoms in total. The van der Waals surface area contributed by atoms with E-state index in [0.29, 0.717) is 26.7 Å². The summed E-state index contributed by atoms with van der Waals surface area (Å²) in [4.78, 5) is 3.88. The van der Waals surface area contributed by atoms with Gasteiger partial charge in [-0.2, -0.15) is 0 Å². The smallest absolute Gasteiger partial charge is 0.149 e. The Hall–Kier alpha value is -1.26. The number of halogens is 2. The molecule has 0 spiro atoms. The van der Waals surface area contributed by atoms with Gasteiger partial charge in [0, 0.05) is 24.1 Å². The lowest BCUT2D eigenvalue weighted by atomic mass is 10.3. The van der Waals surface area contributed by atoms with Crippen LogP contribution in [0, 0.1) is 0 Å². The second-order valence-corrected chi connectivity index (χ2v) is 4.27. The Kier molecular flexibility index (Phi) is 3.31. The van der Waals surface area contributed by atoms with Crippen molar-refractivity contribution in [2.45, 2.75) is 0 Å². The van der Waals surface area contributed by atoms with Gasteiger partial charge in [-0.05, 0) is 28.1 Å². The van der Waals surface area contributed by atoms with E-state index in [0.717, 1.165) is 0 Å². The van der Waals surface area contributed by atoms with Gasteiger partial charge in [0.1, 0.15) is 16.5 Å². The molecule has 0 aliphatic carbocycles. The third-order valence-electron chi connectivity index (χ3n) is 1.95. The maximum Gasteiger partial charge on any atom is 0.149 e. The molecule has 1 heterocycles. The summed E-state index contributed by atoms with van der Waals surface area (Å²) >= 11 is 9.29. The number of hydrogen-bond donors (Lipinski definition) is 1. The summed E-state index contributed by atoms with van der Waals surface area (Å²) in [5.41, 5.74) is 6.35. The van der Waals surface area contributed by atoms with Crippen LogP contribution in [0.2, 0.25) is 5.02 Å². The lowest BCUT2D eigenvalue weighted by Crippen LogP contribution is -1.91. The molecule has 1 aromatic heterocycles. The molecule has 2 N–H and O–H groups in total. The molecule has 0 amide bonds. The van der Waals surface area contributed by atoms with Crippen molar-refractivity contribution in [3.63, 3.8) is 0 Å². The molecule has 0 radical (unpaired) electrons. The van der Waals surface area contributed by atoms with E-state index in [1.54, 1.807) is 24.4 Å². The second kappa shape index (κ2) is 4.72. The minimum Gasteiger partial charge on any atom is -0.454 e. The van der Waals surface area contributed by atoms with E-state index in [-0.39, 0.29) is 0 Å². The molecule has 2 rings (SSSR count). The molecule has 5 heteroatoms. The average Bonchev–Trinajstić information content (AvgIpc) is 2.28. The van der Waals surface area contributed by atoms with E-state index in [2.05, 4.69) is 20.9 Å². The maximum absolute atomic E-state index is 5.93. The largest absolute Gasteiger partial charge is 0.454 e. The van der Waals surface area contributed by atoms with Gasteiger partial charge in [0.2, 0.25) is 0 Å². The molecule has 0 saturated heterocycles. The van der Waals surface area contributed by atoms with Crippen LogP contribution in [-0.4, -0.2) is 4.98 Å². The number of rotatable bonds is 2. The Morgan fingerprint density at radius 3 is 2.81 bits per heavy atom. The monoisotopic (exact) mass is 298 g/mol. The number of pyridine rings is 1. The predicted octanol–water partition coefficient (Wildman–Crippen LogP) is 3.87. The molecule has 1 aromatic carbocycles. The number of ether oxygens (including phenoxy) is 1. The Balaban J connectivity index is 2.35. The van der Waals surface area contributed by atoms with E-state index in [9.17, 15) is 0 Å². The van der Waals surface area contributed by atoms with E-state index < -0.39 is 0 Å². The van der Waals surface area contributed by atoms with Crippen LogP contribution < -0.4 is 10.5 Å². The van der Waals surface area contributed by atoms with Crippen LogP contribution in [0.5, 0.6) is 11.5 Å². The van der Waals surface area contributed by atoms with Crippen LogP contribution in [0.1, 0.15) is 0 Å². The molecule has 0 unspecified atom stereocenters. The van der Waals surface area contributed by atoms with Crippen LogP contribution in [0.3, 0.4) is 0 Å². The van der Waals surface area contributed by atoms with Gasteiger partial charge >= 0.3 is 0 Å². The number of nitrogens with two attached hydrogens (primary N) is 1. The average molecular weight is 300 g/mol. The Bertz CT molecular complexity index is 519. The topological polar surface area (TPSA) is 48.1 Å². The van der Waals surface area contributed by atoms with Crippen molar-refractivity contribution in [2.24, 2.45) is 0 Å². The van der Waals surface area contributed by atoms with Crippen molar-refractivity contribution in [1.29, 1.82) is 0 Å². The number of nitrogens with zero attached hydrogens (tertiary/aromatic N) is 1. The zero-order valence-corrected chi connectivity index (χ0v) is 10.5. The molecule has 0 fully saturated rings. The van der Waals surface area contributed by atoms with Gasteiger partial charge < -0.3 is 10.5 Å². The fourth-order valence-electron chi connectivity index (χ4n) is 1.17. The standard InChI is InChI=1S/C11H8BrClN2O/c12-11-8(14)2-1-3-10(11)16-9-4-5-15-6-7(9)13/h1-6H,14H2.